The van der Waals surface area contributed by atoms with Gasteiger partial charge in [-0.3, -0.25) is 10.1 Å². The summed E-state index contributed by atoms with van der Waals surface area (Å²) in [7, 11) is 1.21. The van der Waals surface area contributed by atoms with E-state index in [1.165, 1.54) is 19.2 Å². The molecule has 0 amide bonds. The van der Waals surface area contributed by atoms with Crippen molar-refractivity contribution in [2.24, 2.45) is 5.41 Å². The molecule has 8 nitrogen and oxygen atoms in total. The van der Waals surface area contributed by atoms with Gasteiger partial charge in [-0.1, -0.05) is 0 Å². The molecule has 0 spiro atoms. The van der Waals surface area contributed by atoms with Gasteiger partial charge in [-0.15, -0.1) is 0 Å². The molecule has 1 N–H and O–H groups in total. The Morgan fingerprint density at radius 1 is 1.62 bits per heavy atom. The van der Waals surface area contributed by atoms with Gasteiger partial charge in [-0.25, -0.2) is 9.78 Å². The molecule has 0 bridgehead atoms. The number of pyridine rings is 1. The second kappa shape index (κ2) is 5.75. The second-order valence-corrected chi connectivity index (χ2v) is 5.00. The lowest BCUT2D eigenvalue weighted by Gasteiger charge is -2.13. The molecule has 1 heterocycles. The molecule has 0 atom stereocenters. The number of nitrogens with one attached hydrogen (secondary N) is 1. The van der Waals surface area contributed by atoms with Crippen LogP contribution in [-0.2, 0) is 4.74 Å². The minimum Gasteiger partial charge on any atom is -0.464 e. The minimum atomic E-state index is -0.661. The van der Waals surface area contributed by atoms with E-state index in [1.807, 2.05) is 0 Å². The Morgan fingerprint density at radius 3 is 2.86 bits per heavy atom. The van der Waals surface area contributed by atoms with Crippen LogP contribution >= 0.6 is 0 Å². The van der Waals surface area contributed by atoms with Gasteiger partial charge < -0.3 is 10.1 Å². The summed E-state index contributed by atoms with van der Waals surface area (Å²) in [6.07, 6.45) is 2.20. The maximum atomic E-state index is 11.4. The Morgan fingerprint density at radius 2 is 2.33 bits per heavy atom. The number of esters is 1. The first-order chi connectivity index (χ1) is 10.0. The average molecular weight is 290 g/mol. The number of nitrogens with zero attached hydrogens (tertiary/aromatic N) is 3. The van der Waals surface area contributed by atoms with Gasteiger partial charge in [-0.05, 0) is 18.9 Å². The molecule has 1 saturated carbocycles. The summed E-state index contributed by atoms with van der Waals surface area (Å²) < 4.78 is 4.55. The molecule has 110 valence electrons. The zero-order valence-corrected chi connectivity index (χ0v) is 11.5. The first-order valence-corrected chi connectivity index (χ1v) is 6.36. The molecular weight excluding hydrogens is 276 g/mol. The molecule has 0 unspecified atom stereocenters. The fraction of sp³-hybridized carbons (Fsp3) is 0.462. The number of carbonyl (C=O) groups excluding carboxylic acids is 1. The molecule has 8 heteroatoms. The fourth-order valence-corrected chi connectivity index (χ4v) is 1.98. The van der Waals surface area contributed by atoms with Gasteiger partial charge in [0.1, 0.15) is 0 Å². The number of hydrogen-bond donors (Lipinski definition) is 1. The summed E-state index contributed by atoms with van der Waals surface area (Å²) in [5.41, 5.74) is -0.350. The van der Waals surface area contributed by atoms with E-state index in [1.54, 1.807) is 0 Å². The quantitative estimate of drug-likeness (QED) is 0.482. The van der Waals surface area contributed by atoms with Crippen LogP contribution in [0.15, 0.2) is 12.1 Å². The summed E-state index contributed by atoms with van der Waals surface area (Å²) in [5, 5.41) is 22.7. The normalized spacial score (nSPS) is 14.9. The lowest BCUT2D eigenvalue weighted by Crippen LogP contribution is -2.17. The highest BCUT2D eigenvalue weighted by Crippen LogP contribution is 2.48. The van der Waals surface area contributed by atoms with E-state index < -0.39 is 10.9 Å². The molecule has 2 rings (SSSR count). The Bertz CT molecular complexity index is 619. The van der Waals surface area contributed by atoms with E-state index in [2.05, 4.69) is 21.1 Å². The van der Waals surface area contributed by atoms with Gasteiger partial charge in [0, 0.05) is 24.4 Å². The van der Waals surface area contributed by atoms with Crippen LogP contribution in [0.2, 0.25) is 0 Å². The van der Waals surface area contributed by atoms with Crippen molar-refractivity contribution in [3.8, 4) is 6.07 Å². The summed E-state index contributed by atoms with van der Waals surface area (Å²) >= 11 is 0. The Hall–Kier alpha value is -2.69. The van der Waals surface area contributed by atoms with E-state index in [9.17, 15) is 14.9 Å². The standard InChI is InChI=1S/C13H14N4O4/c1-21-12(18)9-2-3-10(17(19)20)11(16-9)15-8-13(4-5-13)6-7-14/h2-3H,4-6,8H2,1H3,(H,15,16). The fourth-order valence-electron chi connectivity index (χ4n) is 1.98. The maximum Gasteiger partial charge on any atom is 0.356 e. The third-order valence-electron chi connectivity index (χ3n) is 3.51. The van der Waals surface area contributed by atoms with Crippen molar-refractivity contribution < 1.29 is 14.5 Å². The van der Waals surface area contributed by atoms with Crippen molar-refractivity contribution in [3.63, 3.8) is 0 Å². The number of nitro groups is 1. The predicted molar refractivity (Wildman–Crippen MR) is 72.6 cm³/mol. The van der Waals surface area contributed by atoms with E-state index in [-0.39, 0.29) is 22.6 Å². The zero-order valence-electron chi connectivity index (χ0n) is 11.5. The van der Waals surface area contributed by atoms with Crippen LogP contribution in [0.3, 0.4) is 0 Å². The van der Waals surface area contributed by atoms with Crippen LogP contribution in [0.5, 0.6) is 0 Å². The third-order valence-corrected chi connectivity index (χ3v) is 3.51. The number of rotatable bonds is 6. The number of ether oxygens (including phenoxy) is 1. The largest absolute Gasteiger partial charge is 0.464 e. The number of anilines is 1. The first-order valence-electron chi connectivity index (χ1n) is 6.36. The molecule has 1 aliphatic rings. The van der Waals surface area contributed by atoms with Crippen LogP contribution in [0.25, 0.3) is 0 Å². The van der Waals surface area contributed by atoms with Gasteiger partial charge in [0.05, 0.1) is 18.1 Å². The molecule has 0 radical (unpaired) electrons. The number of aromatic nitrogens is 1. The van der Waals surface area contributed by atoms with Crippen LogP contribution in [0.4, 0.5) is 11.5 Å². The van der Waals surface area contributed by atoms with Crippen LogP contribution in [0.1, 0.15) is 29.8 Å². The second-order valence-electron chi connectivity index (χ2n) is 5.00. The highest BCUT2D eigenvalue weighted by molar-refractivity contribution is 5.88. The molecule has 0 saturated heterocycles. The topological polar surface area (TPSA) is 118 Å². The van der Waals surface area contributed by atoms with Crippen molar-refractivity contribution in [3.05, 3.63) is 27.9 Å². The lowest BCUT2D eigenvalue weighted by molar-refractivity contribution is -0.384. The van der Waals surface area contributed by atoms with Crippen molar-refractivity contribution in [2.75, 3.05) is 19.0 Å². The third kappa shape index (κ3) is 3.25. The minimum absolute atomic E-state index is 0.00395. The number of methoxy groups -OCH3 is 1. The van der Waals surface area contributed by atoms with Crippen LogP contribution < -0.4 is 5.32 Å². The predicted octanol–water partition coefficient (Wildman–Crippen LogP) is 1.88. The molecule has 1 aromatic rings. The number of carbonyl (C=O) groups is 1. The van der Waals surface area contributed by atoms with E-state index in [0.29, 0.717) is 13.0 Å². The van der Waals surface area contributed by atoms with Crippen molar-refractivity contribution in [1.29, 1.82) is 5.26 Å². The van der Waals surface area contributed by atoms with E-state index >= 15 is 0 Å². The number of hydrogen-bond acceptors (Lipinski definition) is 7. The Kier molecular flexibility index (Phi) is 4.03. The van der Waals surface area contributed by atoms with Crippen molar-refractivity contribution in [2.45, 2.75) is 19.3 Å². The highest BCUT2D eigenvalue weighted by atomic mass is 16.6. The molecule has 0 aromatic carbocycles. The Balaban J connectivity index is 2.21. The monoisotopic (exact) mass is 290 g/mol. The zero-order chi connectivity index (χ0) is 15.5. The average Bonchev–Trinajstić information content (AvgIpc) is 3.24. The maximum absolute atomic E-state index is 11.4. The van der Waals surface area contributed by atoms with E-state index in [4.69, 9.17) is 5.26 Å². The van der Waals surface area contributed by atoms with Gasteiger partial charge in [0.2, 0.25) is 5.82 Å². The summed E-state index contributed by atoms with van der Waals surface area (Å²) in [4.78, 5) is 25.8. The summed E-state index contributed by atoms with van der Waals surface area (Å²) in [6, 6.07) is 4.58. The van der Waals surface area contributed by atoms with E-state index in [0.717, 1.165) is 12.8 Å². The highest BCUT2D eigenvalue weighted by Gasteiger charge is 2.42. The van der Waals surface area contributed by atoms with Crippen molar-refractivity contribution >= 4 is 17.5 Å². The first kappa shape index (κ1) is 14.7. The summed E-state index contributed by atoms with van der Waals surface area (Å²) in [5.74, 6) is -0.641. The smallest absolute Gasteiger partial charge is 0.356 e. The number of nitriles is 1. The van der Waals surface area contributed by atoms with Crippen molar-refractivity contribution in [1.82, 2.24) is 4.98 Å². The van der Waals surface area contributed by atoms with Gasteiger partial charge in [0.15, 0.2) is 5.69 Å². The molecule has 0 aliphatic heterocycles. The Labute approximate surface area is 120 Å². The molecular formula is C13H14N4O4. The van der Waals surface area contributed by atoms with Gasteiger partial charge in [0.25, 0.3) is 0 Å². The van der Waals surface area contributed by atoms with Gasteiger partial charge >= 0.3 is 11.7 Å². The van der Waals surface area contributed by atoms with Crippen LogP contribution in [-0.4, -0.2) is 29.5 Å². The van der Waals surface area contributed by atoms with Gasteiger partial charge in [-0.2, -0.15) is 5.26 Å². The summed E-state index contributed by atoms with van der Waals surface area (Å²) in [6.45, 7) is 0.416. The lowest BCUT2D eigenvalue weighted by atomic mass is 10.0. The molecule has 1 aromatic heterocycles. The molecule has 1 aliphatic carbocycles. The van der Waals surface area contributed by atoms with Crippen LogP contribution in [0, 0.1) is 26.9 Å². The SMILES string of the molecule is COC(=O)c1ccc([N+](=O)[O-])c(NCC2(CC#N)CC2)n1. The molecule has 21 heavy (non-hydrogen) atoms. The molecule has 1 fully saturated rings.